The molecule has 0 saturated carbocycles. The third-order valence-electron chi connectivity index (χ3n) is 2.30. The maximum atomic E-state index is 11.4. The standard InChI is InChI=1S/C10H9ClN2O5/c11-7-5-6(17-12-7)1-4-10(16)18-13-8(14)2-3-9(13)15/h5H,1-4H2. The number of aryl methyl sites for hydroxylation is 1. The van der Waals surface area contributed by atoms with Crippen molar-refractivity contribution in [3.05, 3.63) is 17.0 Å². The van der Waals surface area contributed by atoms with E-state index in [1.165, 1.54) is 6.07 Å². The van der Waals surface area contributed by atoms with Crippen LogP contribution >= 0.6 is 11.6 Å². The van der Waals surface area contributed by atoms with Crippen molar-refractivity contribution >= 4 is 29.4 Å². The molecule has 1 aliphatic heterocycles. The van der Waals surface area contributed by atoms with E-state index in [1.54, 1.807) is 0 Å². The van der Waals surface area contributed by atoms with Crippen molar-refractivity contribution in [2.24, 2.45) is 0 Å². The Balaban J connectivity index is 1.82. The number of carbonyl (C=O) groups excluding carboxylic acids is 3. The summed E-state index contributed by atoms with van der Waals surface area (Å²) in [7, 11) is 0. The number of hydrogen-bond acceptors (Lipinski definition) is 6. The van der Waals surface area contributed by atoms with Gasteiger partial charge in [-0.1, -0.05) is 16.8 Å². The number of hydroxylamine groups is 2. The first-order valence-corrected chi connectivity index (χ1v) is 5.62. The highest BCUT2D eigenvalue weighted by Crippen LogP contribution is 2.14. The van der Waals surface area contributed by atoms with Gasteiger partial charge in [-0.25, -0.2) is 4.79 Å². The van der Waals surface area contributed by atoms with Gasteiger partial charge in [-0.15, -0.1) is 5.06 Å². The molecule has 7 nitrogen and oxygen atoms in total. The Morgan fingerprint density at radius 1 is 1.44 bits per heavy atom. The first-order valence-electron chi connectivity index (χ1n) is 5.24. The van der Waals surface area contributed by atoms with E-state index < -0.39 is 17.8 Å². The monoisotopic (exact) mass is 272 g/mol. The average molecular weight is 273 g/mol. The van der Waals surface area contributed by atoms with Crippen LogP contribution in [0.15, 0.2) is 10.6 Å². The van der Waals surface area contributed by atoms with Gasteiger partial charge in [0.15, 0.2) is 5.15 Å². The van der Waals surface area contributed by atoms with Crippen LogP contribution in [0, 0.1) is 0 Å². The van der Waals surface area contributed by atoms with E-state index in [9.17, 15) is 14.4 Å². The molecule has 0 bridgehead atoms. The minimum absolute atomic E-state index is 0.0391. The lowest BCUT2D eigenvalue weighted by atomic mass is 10.2. The Morgan fingerprint density at radius 2 is 2.11 bits per heavy atom. The molecule has 2 amide bonds. The molecule has 96 valence electrons. The largest absolute Gasteiger partial charge is 0.360 e. The zero-order valence-electron chi connectivity index (χ0n) is 9.22. The van der Waals surface area contributed by atoms with E-state index in [4.69, 9.17) is 16.1 Å². The highest BCUT2D eigenvalue weighted by atomic mass is 35.5. The summed E-state index contributed by atoms with van der Waals surface area (Å²) < 4.78 is 4.79. The lowest BCUT2D eigenvalue weighted by Crippen LogP contribution is -2.32. The highest BCUT2D eigenvalue weighted by molar-refractivity contribution is 6.29. The van der Waals surface area contributed by atoms with Crippen molar-refractivity contribution in [3.63, 3.8) is 0 Å². The normalized spacial score (nSPS) is 15.3. The van der Waals surface area contributed by atoms with Crippen molar-refractivity contribution in [1.82, 2.24) is 10.2 Å². The van der Waals surface area contributed by atoms with Crippen LogP contribution in [0.2, 0.25) is 5.15 Å². The van der Waals surface area contributed by atoms with Crippen LogP contribution in [0.1, 0.15) is 25.0 Å². The number of nitrogens with zero attached hydrogens (tertiary/aromatic N) is 2. The van der Waals surface area contributed by atoms with E-state index in [2.05, 4.69) is 9.99 Å². The van der Waals surface area contributed by atoms with Crippen LogP contribution in [0.5, 0.6) is 0 Å². The summed E-state index contributed by atoms with van der Waals surface area (Å²) in [5, 5.41) is 4.15. The van der Waals surface area contributed by atoms with Crippen LogP contribution in [0.3, 0.4) is 0 Å². The molecule has 0 aliphatic carbocycles. The smallest absolute Gasteiger partial charge is 0.333 e. The predicted molar refractivity (Wildman–Crippen MR) is 57.0 cm³/mol. The Hall–Kier alpha value is -1.89. The van der Waals surface area contributed by atoms with E-state index in [-0.39, 0.29) is 30.8 Å². The summed E-state index contributed by atoms with van der Waals surface area (Å²) >= 11 is 5.53. The molecule has 1 aromatic rings. The fourth-order valence-electron chi connectivity index (χ4n) is 1.44. The molecule has 2 rings (SSSR count). The van der Waals surface area contributed by atoms with E-state index >= 15 is 0 Å². The third kappa shape index (κ3) is 2.86. The van der Waals surface area contributed by atoms with Crippen molar-refractivity contribution in [1.29, 1.82) is 0 Å². The maximum absolute atomic E-state index is 11.4. The molecule has 1 fully saturated rings. The van der Waals surface area contributed by atoms with Crippen LogP contribution in [-0.4, -0.2) is 28.0 Å². The van der Waals surface area contributed by atoms with Crippen LogP contribution in [0.4, 0.5) is 0 Å². The lowest BCUT2D eigenvalue weighted by Gasteiger charge is -2.11. The fraction of sp³-hybridized carbons (Fsp3) is 0.400. The van der Waals surface area contributed by atoms with Gasteiger partial charge in [0.05, 0.1) is 6.42 Å². The molecule has 1 saturated heterocycles. The number of halogens is 1. The molecule has 8 heteroatoms. The summed E-state index contributed by atoms with van der Waals surface area (Å²) in [5.74, 6) is -1.27. The number of aromatic nitrogens is 1. The topological polar surface area (TPSA) is 89.7 Å². The molecule has 0 unspecified atom stereocenters. The molecule has 0 aromatic carbocycles. The number of amides is 2. The number of carbonyl (C=O) groups is 3. The molecular weight excluding hydrogens is 264 g/mol. The van der Waals surface area contributed by atoms with Gasteiger partial charge in [0.2, 0.25) is 0 Å². The second-order valence-corrected chi connectivity index (χ2v) is 4.05. The van der Waals surface area contributed by atoms with E-state index in [1.807, 2.05) is 0 Å². The molecule has 0 radical (unpaired) electrons. The van der Waals surface area contributed by atoms with Crippen molar-refractivity contribution < 1.29 is 23.7 Å². The maximum Gasteiger partial charge on any atom is 0.333 e. The summed E-state index contributed by atoms with van der Waals surface area (Å²) in [6, 6.07) is 1.47. The highest BCUT2D eigenvalue weighted by Gasteiger charge is 2.32. The Kier molecular flexibility index (Phi) is 3.61. The third-order valence-corrected chi connectivity index (χ3v) is 2.48. The van der Waals surface area contributed by atoms with Crippen LogP contribution < -0.4 is 0 Å². The molecule has 0 spiro atoms. The van der Waals surface area contributed by atoms with Gasteiger partial charge in [0, 0.05) is 25.3 Å². The minimum Gasteiger partial charge on any atom is -0.360 e. The van der Waals surface area contributed by atoms with Gasteiger partial charge in [0.1, 0.15) is 5.76 Å². The number of imide groups is 1. The van der Waals surface area contributed by atoms with Gasteiger partial charge in [-0.3, -0.25) is 9.59 Å². The van der Waals surface area contributed by atoms with Crippen molar-refractivity contribution in [3.8, 4) is 0 Å². The molecule has 1 aliphatic rings. The lowest BCUT2D eigenvalue weighted by molar-refractivity contribution is -0.197. The van der Waals surface area contributed by atoms with Gasteiger partial charge in [-0.2, -0.15) is 0 Å². The summed E-state index contributed by atoms with van der Waals surface area (Å²) in [4.78, 5) is 38.4. The van der Waals surface area contributed by atoms with Gasteiger partial charge >= 0.3 is 5.97 Å². The minimum atomic E-state index is -0.689. The van der Waals surface area contributed by atoms with E-state index in [0.717, 1.165) is 0 Å². The fourth-order valence-corrected chi connectivity index (χ4v) is 1.59. The first-order chi connectivity index (χ1) is 8.56. The molecule has 1 aromatic heterocycles. The summed E-state index contributed by atoms with van der Waals surface area (Å²) in [5.41, 5.74) is 0. The Morgan fingerprint density at radius 3 is 2.67 bits per heavy atom. The first kappa shape index (κ1) is 12.6. The van der Waals surface area contributed by atoms with Crippen LogP contribution in [0.25, 0.3) is 0 Å². The SMILES string of the molecule is O=C(CCc1cc(Cl)no1)ON1C(=O)CCC1=O. The second kappa shape index (κ2) is 5.18. The van der Waals surface area contributed by atoms with E-state index in [0.29, 0.717) is 10.8 Å². The quantitative estimate of drug-likeness (QED) is 0.756. The molecule has 0 N–H and O–H groups in total. The molecule has 2 heterocycles. The second-order valence-electron chi connectivity index (χ2n) is 3.66. The summed E-state index contributed by atoms with van der Waals surface area (Å²) in [6.07, 6.45) is 0.338. The molecule has 0 atom stereocenters. The van der Waals surface area contributed by atoms with Gasteiger partial charge in [0.25, 0.3) is 11.8 Å². The predicted octanol–water partition coefficient (Wildman–Crippen LogP) is 0.868. The van der Waals surface area contributed by atoms with Crippen molar-refractivity contribution in [2.45, 2.75) is 25.7 Å². The van der Waals surface area contributed by atoms with Crippen molar-refractivity contribution in [2.75, 3.05) is 0 Å². The van der Waals surface area contributed by atoms with Gasteiger partial charge in [-0.05, 0) is 0 Å². The Labute approximate surface area is 107 Å². The van der Waals surface area contributed by atoms with Gasteiger partial charge < -0.3 is 9.36 Å². The zero-order valence-corrected chi connectivity index (χ0v) is 9.98. The average Bonchev–Trinajstić information content (AvgIpc) is 2.87. The summed E-state index contributed by atoms with van der Waals surface area (Å²) in [6.45, 7) is 0. The zero-order chi connectivity index (χ0) is 13.1. The Bertz CT molecular complexity index is 482. The van der Waals surface area contributed by atoms with Crippen LogP contribution in [-0.2, 0) is 25.6 Å². The molecular formula is C10H9ClN2O5. The number of hydrogen-bond donors (Lipinski definition) is 0. The number of rotatable bonds is 4. The molecule has 18 heavy (non-hydrogen) atoms.